The fourth-order valence-electron chi connectivity index (χ4n) is 2.01. The van der Waals surface area contributed by atoms with Crippen LogP contribution in [0.2, 0.25) is 0 Å². The van der Waals surface area contributed by atoms with Gasteiger partial charge in [0, 0.05) is 29.1 Å². The van der Waals surface area contributed by atoms with Crippen LogP contribution in [-0.2, 0) is 19.5 Å². The van der Waals surface area contributed by atoms with E-state index in [-0.39, 0.29) is 5.82 Å². The Morgan fingerprint density at radius 3 is 2.80 bits per heavy atom. The lowest BCUT2D eigenvalue weighted by Gasteiger charge is -2.07. The van der Waals surface area contributed by atoms with Crippen molar-refractivity contribution in [3.8, 4) is 0 Å². The predicted molar refractivity (Wildman–Crippen MR) is 79.2 cm³/mol. The number of aryl methyl sites for hydroxylation is 1. The summed E-state index contributed by atoms with van der Waals surface area (Å²) >= 11 is 1.69. The van der Waals surface area contributed by atoms with E-state index in [1.807, 2.05) is 0 Å². The maximum atomic E-state index is 13.7. The molecule has 0 saturated carbocycles. The largest absolute Gasteiger partial charge is 0.366 e. The van der Waals surface area contributed by atoms with E-state index >= 15 is 0 Å². The summed E-state index contributed by atoms with van der Waals surface area (Å²) in [6.07, 6.45) is 0.992. The summed E-state index contributed by atoms with van der Waals surface area (Å²) in [5.41, 5.74) is 7.29. The highest BCUT2D eigenvalue weighted by molar-refractivity contribution is 7.10. The minimum atomic E-state index is -0.544. The Kier molecular flexibility index (Phi) is 4.87. The molecule has 0 fully saturated rings. The van der Waals surface area contributed by atoms with E-state index in [1.165, 1.54) is 28.6 Å². The Hall–Kier alpha value is -1.72. The van der Waals surface area contributed by atoms with Gasteiger partial charge in [0.05, 0.1) is 0 Å². The van der Waals surface area contributed by atoms with Crippen LogP contribution in [0.3, 0.4) is 0 Å². The van der Waals surface area contributed by atoms with Crippen LogP contribution in [0.25, 0.3) is 0 Å². The lowest BCUT2D eigenvalue weighted by molar-refractivity contribution is 0.1000. The third kappa shape index (κ3) is 3.43. The first-order valence-electron chi connectivity index (χ1n) is 6.46. The molecular formula is C15H17FN2OS. The molecule has 0 aliphatic carbocycles. The Bertz CT molecular complexity index is 610. The number of thiophene rings is 1. The molecule has 0 atom stereocenters. The molecule has 1 heterocycles. The fraction of sp³-hybridized carbons (Fsp3) is 0.267. The Morgan fingerprint density at radius 1 is 1.30 bits per heavy atom. The van der Waals surface area contributed by atoms with Gasteiger partial charge in [-0.2, -0.15) is 0 Å². The molecule has 0 unspecified atom stereocenters. The summed E-state index contributed by atoms with van der Waals surface area (Å²) in [5, 5.41) is 5.26. The second kappa shape index (κ2) is 6.63. The average molecular weight is 292 g/mol. The molecule has 20 heavy (non-hydrogen) atoms. The highest BCUT2D eigenvalue weighted by Crippen LogP contribution is 2.17. The molecule has 0 aliphatic heterocycles. The van der Waals surface area contributed by atoms with Gasteiger partial charge < -0.3 is 11.1 Å². The van der Waals surface area contributed by atoms with Crippen molar-refractivity contribution in [3.05, 3.63) is 57.0 Å². The maximum Gasteiger partial charge on any atom is 0.248 e. The van der Waals surface area contributed by atoms with Crippen LogP contribution in [0, 0.1) is 5.82 Å². The van der Waals surface area contributed by atoms with Crippen LogP contribution in [0.15, 0.2) is 29.6 Å². The predicted octanol–water partition coefficient (Wildman–Crippen LogP) is 2.84. The number of halogens is 1. The van der Waals surface area contributed by atoms with E-state index in [1.54, 1.807) is 11.3 Å². The van der Waals surface area contributed by atoms with Gasteiger partial charge >= 0.3 is 0 Å². The van der Waals surface area contributed by atoms with E-state index < -0.39 is 5.91 Å². The van der Waals surface area contributed by atoms with Gasteiger partial charge in [0.1, 0.15) is 5.82 Å². The lowest BCUT2D eigenvalue weighted by Crippen LogP contribution is -2.16. The van der Waals surface area contributed by atoms with E-state index in [0.29, 0.717) is 24.2 Å². The highest BCUT2D eigenvalue weighted by atomic mass is 32.1. The molecule has 1 amide bonds. The van der Waals surface area contributed by atoms with Gasteiger partial charge in [-0.25, -0.2) is 4.39 Å². The normalized spacial score (nSPS) is 10.7. The van der Waals surface area contributed by atoms with Crippen molar-refractivity contribution in [1.29, 1.82) is 0 Å². The van der Waals surface area contributed by atoms with Crippen LogP contribution in [-0.4, -0.2) is 5.91 Å². The number of nitrogens with one attached hydrogen (secondary N) is 1. The lowest BCUT2D eigenvalue weighted by atomic mass is 10.1. The second-order valence-electron chi connectivity index (χ2n) is 4.50. The van der Waals surface area contributed by atoms with E-state index in [9.17, 15) is 9.18 Å². The molecule has 0 saturated heterocycles. The number of carbonyl (C=O) groups is 1. The Labute approximate surface area is 121 Å². The fourth-order valence-corrected chi connectivity index (χ4v) is 2.96. The molecule has 0 radical (unpaired) electrons. The van der Waals surface area contributed by atoms with Gasteiger partial charge in [-0.1, -0.05) is 6.92 Å². The molecule has 2 rings (SSSR count). The van der Waals surface area contributed by atoms with Crippen molar-refractivity contribution in [2.45, 2.75) is 26.4 Å². The topological polar surface area (TPSA) is 55.1 Å². The van der Waals surface area contributed by atoms with Gasteiger partial charge in [0.25, 0.3) is 0 Å². The zero-order valence-electron chi connectivity index (χ0n) is 11.3. The number of nitrogens with two attached hydrogens (primary N) is 1. The number of benzene rings is 1. The van der Waals surface area contributed by atoms with Crippen LogP contribution in [0.5, 0.6) is 0 Å². The number of amides is 1. The summed E-state index contributed by atoms with van der Waals surface area (Å²) in [7, 11) is 0. The number of hydrogen-bond acceptors (Lipinski definition) is 3. The van der Waals surface area contributed by atoms with Crippen molar-refractivity contribution in [3.63, 3.8) is 0 Å². The number of rotatable bonds is 6. The molecule has 1 aromatic heterocycles. The van der Waals surface area contributed by atoms with Crippen LogP contribution in [0.1, 0.15) is 33.3 Å². The smallest absolute Gasteiger partial charge is 0.248 e. The Morgan fingerprint density at radius 2 is 2.10 bits per heavy atom. The first-order valence-corrected chi connectivity index (χ1v) is 7.34. The van der Waals surface area contributed by atoms with Gasteiger partial charge in [-0.3, -0.25) is 4.79 Å². The van der Waals surface area contributed by atoms with Gasteiger partial charge in [0.15, 0.2) is 0 Å². The van der Waals surface area contributed by atoms with Gasteiger partial charge in [-0.05, 0) is 41.6 Å². The van der Waals surface area contributed by atoms with Crippen molar-refractivity contribution >= 4 is 17.2 Å². The maximum absolute atomic E-state index is 13.7. The Balaban J connectivity index is 2.00. The van der Waals surface area contributed by atoms with Crippen LogP contribution >= 0.6 is 11.3 Å². The number of carbonyl (C=O) groups excluding carboxylic acids is 1. The minimum absolute atomic E-state index is 0.327. The summed E-state index contributed by atoms with van der Waals surface area (Å²) in [6.45, 7) is 3.18. The molecule has 106 valence electrons. The molecule has 0 aliphatic rings. The van der Waals surface area contributed by atoms with E-state index in [4.69, 9.17) is 5.73 Å². The standard InChI is InChI=1S/C15H17FN2OS/c1-2-10-5-6-20-14(10)9-18-8-12-7-11(15(17)19)3-4-13(12)16/h3-7,18H,2,8-9H2,1H3,(H2,17,19). The average Bonchev–Trinajstić information content (AvgIpc) is 2.88. The third-order valence-electron chi connectivity index (χ3n) is 3.15. The van der Waals surface area contributed by atoms with Gasteiger partial charge in [0.2, 0.25) is 5.91 Å². The number of hydrogen-bond donors (Lipinski definition) is 2. The molecule has 5 heteroatoms. The monoisotopic (exact) mass is 292 g/mol. The summed E-state index contributed by atoms with van der Waals surface area (Å²) in [5.74, 6) is -0.873. The van der Waals surface area contributed by atoms with Crippen molar-refractivity contribution < 1.29 is 9.18 Å². The first-order chi connectivity index (χ1) is 9.61. The van der Waals surface area contributed by atoms with E-state index in [0.717, 1.165) is 6.42 Å². The number of primary amides is 1. The summed E-state index contributed by atoms with van der Waals surface area (Å²) in [4.78, 5) is 12.4. The second-order valence-corrected chi connectivity index (χ2v) is 5.50. The molecule has 1 aromatic carbocycles. The molecule has 3 N–H and O–H groups in total. The van der Waals surface area contributed by atoms with Crippen LogP contribution in [0.4, 0.5) is 4.39 Å². The SMILES string of the molecule is CCc1ccsc1CNCc1cc(C(N)=O)ccc1F. The van der Waals surface area contributed by atoms with E-state index in [2.05, 4.69) is 23.7 Å². The third-order valence-corrected chi connectivity index (χ3v) is 4.11. The van der Waals surface area contributed by atoms with Gasteiger partial charge in [-0.15, -0.1) is 11.3 Å². The molecule has 2 aromatic rings. The highest BCUT2D eigenvalue weighted by Gasteiger charge is 2.08. The summed E-state index contributed by atoms with van der Waals surface area (Å²) < 4.78 is 13.7. The molecule has 0 bridgehead atoms. The molecular weight excluding hydrogens is 275 g/mol. The zero-order valence-corrected chi connectivity index (χ0v) is 12.1. The minimum Gasteiger partial charge on any atom is -0.366 e. The van der Waals surface area contributed by atoms with Crippen molar-refractivity contribution in [1.82, 2.24) is 5.32 Å². The van der Waals surface area contributed by atoms with Crippen molar-refractivity contribution in [2.75, 3.05) is 0 Å². The quantitative estimate of drug-likeness (QED) is 0.860. The zero-order chi connectivity index (χ0) is 14.5. The van der Waals surface area contributed by atoms with Crippen molar-refractivity contribution in [2.24, 2.45) is 5.73 Å². The molecule has 0 spiro atoms. The summed E-state index contributed by atoms with van der Waals surface area (Å²) in [6, 6.07) is 6.28. The first kappa shape index (κ1) is 14.7. The molecule has 3 nitrogen and oxygen atoms in total. The van der Waals surface area contributed by atoms with Crippen LogP contribution < -0.4 is 11.1 Å².